The number of nitrogens with zero attached hydrogens (tertiary/aromatic N) is 3. The molecule has 1 aromatic heterocycles. The zero-order valence-corrected chi connectivity index (χ0v) is 19.3. The molecule has 7 heteroatoms. The van der Waals surface area contributed by atoms with Crippen molar-refractivity contribution < 1.29 is 9.18 Å². The Morgan fingerprint density at radius 3 is 2.52 bits per heavy atom. The maximum Gasteiger partial charge on any atom is 0.272 e. The van der Waals surface area contributed by atoms with E-state index in [1.54, 1.807) is 6.07 Å². The Hall–Kier alpha value is -3.06. The lowest BCUT2D eigenvalue weighted by Gasteiger charge is -2.34. The van der Waals surface area contributed by atoms with Crippen molar-refractivity contribution in [2.45, 2.75) is 32.1 Å². The average Bonchev–Trinajstić information content (AvgIpc) is 2.84. The van der Waals surface area contributed by atoms with Gasteiger partial charge in [0, 0.05) is 25.5 Å². The van der Waals surface area contributed by atoms with Crippen molar-refractivity contribution in [2.24, 2.45) is 5.92 Å². The lowest BCUT2D eigenvalue weighted by molar-refractivity contribution is -0.132. The lowest BCUT2D eigenvalue weighted by atomic mass is 9.95. The highest BCUT2D eigenvalue weighted by molar-refractivity contribution is 5.90. The number of likely N-dealkylation sites (tertiary alicyclic amines) is 1. The first kappa shape index (κ1) is 23.1. The van der Waals surface area contributed by atoms with Gasteiger partial charge in [-0.25, -0.2) is 9.49 Å². The van der Waals surface area contributed by atoms with Gasteiger partial charge in [0.15, 0.2) is 0 Å². The number of carbonyl (C=O) groups excluding carboxylic acids is 1. The molecule has 3 aromatic rings. The van der Waals surface area contributed by atoms with Crippen LogP contribution >= 0.6 is 0 Å². The van der Waals surface area contributed by atoms with Crippen molar-refractivity contribution in [1.82, 2.24) is 20.0 Å². The minimum Gasteiger partial charge on any atom is -0.345 e. The van der Waals surface area contributed by atoms with Gasteiger partial charge < -0.3 is 9.80 Å². The maximum absolute atomic E-state index is 13.2. The third kappa shape index (κ3) is 5.47. The molecule has 0 unspecified atom stereocenters. The molecule has 0 bridgehead atoms. The zero-order chi connectivity index (χ0) is 23.4. The molecule has 2 aromatic carbocycles. The Bertz CT molecular complexity index is 1150. The second-order valence-corrected chi connectivity index (χ2v) is 9.09. The monoisotopic (exact) mass is 450 g/mol. The number of rotatable bonds is 7. The molecule has 4 rings (SSSR count). The number of halogens is 1. The minimum absolute atomic E-state index is 0.0124. The Balaban J connectivity index is 1.29. The molecule has 1 amide bonds. The van der Waals surface area contributed by atoms with E-state index in [4.69, 9.17) is 0 Å². The summed E-state index contributed by atoms with van der Waals surface area (Å²) >= 11 is 0. The molecule has 1 atom stereocenters. The van der Waals surface area contributed by atoms with Crippen LogP contribution in [0.2, 0.25) is 0 Å². The number of benzene rings is 2. The molecular weight excluding hydrogens is 419 g/mol. The van der Waals surface area contributed by atoms with Crippen molar-refractivity contribution in [3.8, 4) is 0 Å². The zero-order valence-electron chi connectivity index (χ0n) is 19.3. The summed E-state index contributed by atoms with van der Waals surface area (Å²) < 4.78 is 13.1. The number of hydrogen-bond acceptors (Lipinski definition) is 4. The number of nitrogens with one attached hydrogen (secondary N) is 1. The summed E-state index contributed by atoms with van der Waals surface area (Å²) in [4.78, 5) is 29.5. The minimum atomic E-state index is -0.437. The molecule has 6 nitrogen and oxygen atoms in total. The van der Waals surface area contributed by atoms with E-state index in [1.807, 2.05) is 49.2 Å². The summed E-state index contributed by atoms with van der Waals surface area (Å²) in [5.41, 5.74) is 1.52. The normalized spacial score (nSPS) is 16.1. The standard InChI is InChI=1S/C26H31FN4O2/c1-18(24-22-5-3-4-6-23(22)25(32)29-28-24)26(33)30(2)17-20-12-15-31(16-13-20)14-11-19-7-9-21(27)10-8-19/h3-10,18,20H,11-17H2,1-2H3,(H,29,32)/t18-/m0/s1. The van der Waals surface area contributed by atoms with Crippen LogP contribution in [-0.4, -0.2) is 59.1 Å². The van der Waals surface area contributed by atoms with Crippen LogP contribution in [-0.2, 0) is 11.2 Å². The summed E-state index contributed by atoms with van der Waals surface area (Å²) in [7, 11) is 1.85. The van der Waals surface area contributed by atoms with Crippen LogP contribution in [0.25, 0.3) is 10.8 Å². The highest BCUT2D eigenvalue weighted by Gasteiger charge is 2.26. The SMILES string of the molecule is C[C@H](C(=O)N(C)CC1CCN(CCc2ccc(F)cc2)CC1)c1n[nH]c(=O)c2ccccc12. The summed E-state index contributed by atoms with van der Waals surface area (Å²) in [6, 6.07) is 14.0. The molecule has 174 valence electrons. The van der Waals surface area contributed by atoms with Gasteiger partial charge in [0.25, 0.3) is 5.56 Å². The van der Waals surface area contributed by atoms with Crippen LogP contribution in [0.5, 0.6) is 0 Å². The fourth-order valence-electron chi connectivity index (χ4n) is 4.72. The van der Waals surface area contributed by atoms with Crippen LogP contribution < -0.4 is 5.56 Å². The smallest absolute Gasteiger partial charge is 0.272 e. The van der Waals surface area contributed by atoms with Gasteiger partial charge >= 0.3 is 0 Å². The van der Waals surface area contributed by atoms with Gasteiger partial charge in [-0.15, -0.1) is 0 Å². The molecule has 0 spiro atoms. The summed E-state index contributed by atoms with van der Waals surface area (Å²) in [5.74, 6) is -0.156. The molecule has 1 aliphatic heterocycles. The number of likely N-dealkylation sites (N-methyl/N-ethyl adjacent to an activating group) is 1. The number of carbonyl (C=O) groups is 1. The summed E-state index contributed by atoms with van der Waals surface area (Å²) in [6.07, 6.45) is 3.02. The van der Waals surface area contributed by atoms with Crippen LogP contribution in [0.3, 0.4) is 0 Å². The van der Waals surface area contributed by atoms with E-state index in [0.717, 1.165) is 56.4 Å². The fourth-order valence-corrected chi connectivity index (χ4v) is 4.72. The van der Waals surface area contributed by atoms with Gasteiger partial charge in [0.05, 0.1) is 17.0 Å². The number of aromatic nitrogens is 2. The molecular formula is C26H31FN4O2. The van der Waals surface area contributed by atoms with E-state index in [-0.39, 0.29) is 17.3 Å². The second-order valence-electron chi connectivity index (χ2n) is 9.09. The molecule has 0 saturated carbocycles. The third-order valence-corrected chi connectivity index (χ3v) is 6.75. The first-order valence-electron chi connectivity index (χ1n) is 11.6. The van der Waals surface area contributed by atoms with E-state index in [0.29, 0.717) is 17.0 Å². The van der Waals surface area contributed by atoms with Crippen LogP contribution in [0.15, 0.2) is 53.3 Å². The van der Waals surface area contributed by atoms with Crippen molar-refractivity contribution in [1.29, 1.82) is 0 Å². The van der Waals surface area contributed by atoms with E-state index < -0.39 is 5.92 Å². The number of H-pyrrole nitrogens is 1. The van der Waals surface area contributed by atoms with Crippen LogP contribution in [0, 0.1) is 11.7 Å². The van der Waals surface area contributed by atoms with Gasteiger partial charge in [-0.2, -0.15) is 5.10 Å². The quantitative estimate of drug-likeness (QED) is 0.597. The first-order valence-corrected chi connectivity index (χ1v) is 11.6. The summed E-state index contributed by atoms with van der Waals surface area (Å²) in [6.45, 7) is 5.56. The molecule has 1 saturated heterocycles. The topological polar surface area (TPSA) is 69.3 Å². The van der Waals surface area contributed by atoms with Crippen LogP contribution in [0.1, 0.15) is 36.9 Å². The van der Waals surface area contributed by atoms with Crippen LogP contribution in [0.4, 0.5) is 4.39 Å². The van der Waals surface area contributed by atoms with Gasteiger partial charge in [0.2, 0.25) is 5.91 Å². The van der Waals surface area contributed by atoms with Gasteiger partial charge in [-0.05, 0) is 69.0 Å². The Morgan fingerprint density at radius 1 is 1.15 bits per heavy atom. The second kappa shape index (κ2) is 10.3. The first-order chi connectivity index (χ1) is 15.9. The number of hydrogen-bond donors (Lipinski definition) is 1. The number of fused-ring (bicyclic) bond motifs is 1. The third-order valence-electron chi connectivity index (χ3n) is 6.75. The van der Waals surface area contributed by atoms with Crippen molar-refractivity contribution in [2.75, 3.05) is 33.2 Å². The molecule has 1 fully saturated rings. The van der Waals surface area contributed by atoms with E-state index in [2.05, 4.69) is 15.1 Å². The molecule has 1 N–H and O–H groups in total. The van der Waals surface area contributed by atoms with E-state index in [9.17, 15) is 14.0 Å². The van der Waals surface area contributed by atoms with Crippen molar-refractivity contribution >= 4 is 16.7 Å². The van der Waals surface area contributed by atoms with Crippen molar-refractivity contribution in [3.63, 3.8) is 0 Å². The largest absolute Gasteiger partial charge is 0.345 e. The lowest BCUT2D eigenvalue weighted by Crippen LogP contribution is -2.41. The number of aromatic amines is 1. The molecule has 1 aliphatic rings. The van der Waals surface area contributed by atoms with Crippen molar-refractivity contribution in [3.05, 3.63) is 76.0 Å². The van der Waals surface area contributed by atoms with Gasteiger partial charge in [-0.3, -0.25) is 9.59 Å². The Kier molecular flexibility index (Phi) is 7.18. The predicted molar refractivity (Wildman–Crippen MR) is 128 cm³/mol. The van der Waals surface area contributed by atoms with Gasteiger partial charge in [-0.1, -0.05) is 30.3 Å². The van der Waals surface area contributed by atoms with E-state index >= 15 is 0 Å². The highest BCUT2D eigenvalue weighted by atomic mass is 19.1. The Labute approximate surface area is 193 Å². The van der Waals surface area contributed by atoms with E-state index in [1.165, 1.54) is 12.1 Å². The Morgan fingerprint density at radius 2 is 1.82 bits per heavy atom. The highest BCUT2D eigenvalue weighted by Crippen LogP contribution is 2.24. The molecule has 2 heterocycles. The molecule has 0 radical (unpaired) electrons. The molecule has 33 heavy (non-hydrogen) atoms. The summed E-state index contributed by atoms with van der Waals surface area (Å²) in [5, 5.41) is 8.01. The fraction of sp³-hybridized carbons (Fsp3) is 0.423. The number of piperidine rings is 1. The number of amides is 1. The molecule has 0 aliphatic carbocycles. The maximum atomic E-state index is 13.2. The average molecular weight is 451 g/mol. The predicted octanol–water partition coefficient (Wildman–Crippen LogP) is 3.58. The van der Waals surface area contributed by atoms with Gasteiger partial charge in [0.1, 0.15) is 5.82 Å².